The number of rotatable bonds is 9. The topological polar surface area (TPSA) is 104 Å². The van der Waals surface area contributed by atoms with Gasteiger partial charge in [-0.3, -0.25) is 4.79 Å². The highest BCUT2D eigenvalue weighted by Crippen LogP contribution is 2.23. The zero-order valence-corrected chi connectivity index (χ0v) is 18.3. The fraction of sp³-hybridized carbons (Fsp3) is 0.391. The molecule has 1 heterocycles. The van der Waals surface area contributed by atoms with E-state index >= 15 is 0 Å². The van der Waals surface area contributed by atoms with Crippen molar-refractivity contribution in [1.29, 1.82) is 0 Å². The van der Waals surface area contributed by atoms with Crippen LogP contribution in [0.2, 0.25) is 0 Å². The number of unbranched alkanes of at least 4 members (excludes halogenated alkanes) is 1. The van der Waals surface area contributed by atoms with Crippen LogP contribution in [0.15, 0.2) is 54.6 Å². The summed E-state index contributed by atoms with van der Waals surface area (Å²) in [5.74, 6) is -2.46. The minimum atomic E-state index is -4.21. The van der Waals surface area contributed by atoms with Crippen LogP contribution in [0, 0.1) is 0 Å². The standard InChI is InChI=1S/C23H28N2O5S/c1-2-3-13-21(23(27)28)25(31(29,30)16-17-9-5-4-6-10-17)22(26)20-14-18-11-7-8-12-19(18)15-24-20/h4-12,20-21,24H,2-3,13-16H2,1H3,(H,27,28)/t20-,21-/m0/s1. The Bertz CT molecular complexity index is 1020. The summed E-state index contributed by atoms with van der Waals surface area (Å²) in [5.41, 5.74) is 2.51. The van der Waals surface area contributed by atoms with Gasteiger partial charge in [0.1, 0.15) is 6.04 Å². The third kappa shape index (κ3) is 5.51. The van der Waals surface area contributed by atoms with Gasteiger partial charge in [0.05, 0.1) is 11.8 Å². The summed E-state index contributed by atoms with van der Waals surface area (Å²) < 4.78 is 27.3. The molecule has 0 aromatic heterocycles. The molecule has 1 aliphatic rings. The monoisotopic (exact) mass is 444 g/mol. The first-order valence-corrected chi connectivity index (χ1v) is 12.1. The second kappa shape index (κ2) is 10.1. The van der Waals surface area contributed by atoms with Crippen LogP contribution in [0.1, 0.15) is 42.9 Å². The summed E-state index contributed by atoms with van der Waals surface area (Å²) >= 11 is 0. The third-order valence-corrected chi connectivity index (χ3v) is 7.22. The van der Waals surface area contributed by atoms with E-state index in [2.05, 4.69) is 5.32 Å². The lowest BCUT2D eigenvalue weighted by Gasteiger charge is -2.33. The van der Waals surface area contributed by atoms with Crippen LogP contribution in [-0.4, -0.2) is 41.8 Å². The first-order chi connectivity index (χ1) is 14.8. The molecule has 1 aliphatic heterocycles. The molecule has 7 nitrogen and oxygen atoms in total. The van der Waals surface area contributed by atoms with Crippen molar-refractivity contribution < 1.29 is 23.1 Å². The Hall–Kier alpha value is -2.71. The number of carbonyl (C=O) groups is 2. The molecule has 8 heteroatoms. The molecule has 3 rings (SSSR count). The first-order valence-electron chi connectivity index (χ1n) is 10.5. The number of amides is 1. The highest BCUT2D eigenvalue weighted by Gasteiger charge is 2.42. The van der Waals surface area contributed by atoms with Gasteiger partial charge < -0.3 is 10.4 Å². The Morgan fingerprint density at radius 2 is 1.74 bits per heavy atom. The molecule has 0 spiro atoms. The molecule has 2 N–H and O–H groups in total. The van der Waals surface area contributed by atoms with Crippen molar-refractivity contribution in [3.63, 3.8) is 0 Å². The van der Waals surface area contributed by atoms with Gasteiger partial charge in [-0.1, -0.05) is 74.4 Å². The molecule has 166 valence electrons. The molecular formula is C23H28N2O5S. The van der Waals surface area contributed by atoms with Gasteiger partial charge in [-0.15, -0.1) is 0 Å². The lowest BCUT2D eigenvalue weighted by molar-refractivity contribution is -0.147. The zero-order chi connectivity index (χ0) is 22.4. The average molecular weight is 445 g/mol. The van der Waals surface area contributed by atoms with E-state index in [4.69, 9.17) is 0 Å². The molecule has 0 aliphatic carbocycles. The van der Waals surface area contributed by atoms with Gasteiger partial charge in [0.2, 0.25) is 10.0 Å². The van der Waals surface area contributed by atoms with E-state index in [9.17, 15) is 23.1 Å². The average Bonchev–Trinajstić information content (AvgIpc) is 2.75. The number of hydrogen-bond donors (Lipinski definition) is 2. The number of carbonyl (C=O) groups excluding carboxylic acids is 1. The quantitative estimate of drug-likeness (QED) is 0.616. The molecule has 2 aromatic rings. The van der Waals surface area contributed by atoms with Crippen molar-refractivity contribution in [2.24, 2.45) is 0 Å². The maximum Gasteiger partial charge on any atom is 0.327 e. The van der Waals surface area contributed by atoms with Crippen molar-refractivity contribution in [3.05, 3.63) is 71.3 Å². The van der Waals surface area contributed by atoms with E-state index in [-0.39, 0.29) is 6.42 Å². The summed E-state index contributed by atoms with van der Waals surface area (Å²) in [6.07, 6.45) is 1.59. The van der Waals surface area contributed by atoms with Gasteiger partial charge in [0, 0.05) is 6.54 Å². The number of carboxylic acids is 1. The molecule has 2 aromatic carbocycles. The lowest BCUT2D eigenvalue weighted by Crippen LogP contribution is -2.56. The number of hydrogen-bond acceptors (Lipinski definition) is 5. The van der Waals surface area contributed by atoms with E-state index < -0.39 is 39.7 Å². The lowest BCUT2D eigenvalue weighted by atomic mass is 9.95. The summed E-state index contributed by atoms with van der Waals surface area (Å²) in [6.45, 7) is 2.31. The smallest absolute Gasteiger partial charge is 0.327 e. The summed E-state index contributed by atoms with van der Waals surface area (Å²) in [6, 6.07) is 13.9. The maximum absolute atomic E-state index is 13.5. The first kappa shape index (κ1) is 23.0. The van der Waals surface area contributed by atoms with Crippen LogP contribution in [0.3, 0.4) is 0 Å². The van der Waals surface area contributed by atoms with Gasteiger partial charge in [0.15, 0.2) is 0 Å². The Morgan fingerprint density at radius 3 is 2.39 bits per heavy atom. The minimum absolute atomic E-state index is 0.0783. The van der Waals surface area contributed by atoms with Gasteiger partial charge in [0.25, 0.3) is 5.91 Å². The van der Waals surface area contributed by atoms with Crippen molar-refractivity contribution in [1.82, 2.24) is 9.62 Å². The third-order valence-electron chi connectivity index (χ3n) is 5.49. The van der Waals surface area contributed by atoms with Crippen molar-refractivity contribution in [3.8, 4) is 0 Å². The molecule has 0 saturated heterocycles. The van der Waals surface area contributed by atoms with Crippen molar-refractivity contribution in [2.75, 3.05) is 0 Å². The van der Waals surface area contributed by atoms with Crippen LogP contribution in [-0.2, 0) is 38.3 Å². The van der Waals surface area contributed by atoms with Crippen molar-refractivity contribution >= 4 is 21.9 Å². The Kier molecular flexibility index (Phi) is 7.46. The Labute approximate surface area is 183 Å². The van der Waals surface area contributed by atoms with Crippen LogP contribution in [0.25, 0.3) is 0 Å². The zero-order valence-electron chi connectivity index (χ0n) is 17.5. The van der Waals surface area contributed by atoms with Crippen LogP contribution >= 0.6 is 0 Å². The normalized spacial score (nSPS) is 16.9. The summed E-state index contributed by atoms with van der Waals surface area (Å²) in [5, 5.41) is 12.9. The predicted molar refractivity (Wildman–Crippen MR) is 118 cm³/mol. The molecule has 0 saturated carbocycles. The number of benzene rings is 2. The van der Waals surface area contributed by atoms with Gasteiger partial charge in [-0.05, 0) is 29.5 Å². The van der Waals surface area contributed by atoms with Gasteiger partial charge in [-0.2, -0.15) is 0 Å². The summed E-state index contributed by atoms with van der Waals surface area (Å²) in [7, 11) is -4.21. The largest absolute Gasteiger partial charge is 0.480 e. The fourth-order valence-corrected chi connectivity index (χ4v) is 5.60. The Balaban J connectivity index is 1.94. The van der Waals surface area contributed by atoms with Crippen LogP contribution in [0.4, 0.5) is 0 Å². The molecule has 2 atom stereocenters. The number of nitrogens with zero attached hydrogens (tertiary/aromatic N) is 1. The fourth-order valence-electron chi connectivity index (χ4n) is 3.86. The van der Waals surface area contributed by atoms with E-state index in [1.807, 2.05) is 31.2 Å². The molecule has 0 unspecified atom stereocenters. The number of carboxylic acid groups (broad SMARTS) is 1. The molecule has 0 fully saturated rings. The molecule has 0 radical (unpaired) electrons. The van der Waals surface area contributed by atoms with Gasteiger partial charge in [-0.25, -0.2) is 17.5 Å². The van der Waals surface area contributed by atoms with Gasteiger partial charge >= 0.3 is 5.97 Å². The molecule has 1 amide bonds. The van der Waals surface area contributed by atoms with Crippen LogP contribution < -0.4 is 5.32 Å². The highest BCUT2D eigenvalue weighted by molar-refractivity contribution is 7.88. The molecule has 0 bridgehead atoms. The minimum Gasteiger partial charge on any atom is -0.480 e. The van der Waals surface area contributed by atoms with Crippen molar-refractivity contribution in [2.45, 2.75) is 57.0 Å². The summed E-state index contributed by atoms with van der Waals surface area (Å²) in [4.78, 5) is 25.5. The second-order valence-corrected chi connectivity index (χ2v) is 9.62. The Morgan fingerprint density at radius 1 is 1.10 bits per heavy atom. The number of sulfonamides is 1. The van der Waals surface area contributed by atoms with E-state index in [0.29, 0.717) is 35.7 Å². The van der Waals surface area contributed by atoms with E-state index in [1.54, 1.807) is 30.3 Å². The SMILES string of the molecule is CCCC[C@@H](C(=O)O)N(C(=O)[C@@H]1Cc2ccccc2CN1)S(=O)(=O)Cc1ccccc1. The van der Waals surface area contributed by atoms with E-state index in [1.165, 1.54) is 0 Å². The number of fused-ring (bicyclic) bond motifs is 1. The second-order valence-electron chi connectivity index (χ2n) is 7.78. The molecular weight excluding hydrogens is 416 g/mol. The number of aliphatic carboxylic acids is 1. The molecule has 31 heavy (non-hydrogen) atoms. The number of nitrogens with one attached hydrogen (secondary N) is 1. The maximum atomic E-state index is 13.5. The highest BCUT2D eigenvalue weighted by atomic mass is 32.2. The predicted octanol–water partition coefficient (Wildman–Crippen LogP) is 2.70. The van der Waals surface area contributed by atoms with Crippen LogP contribution in [0.5, 0.6) is 0 Å². The van der Waals surface area contributed by atoms with E-state index in [0.717, 1.165) is 11.1 Å².